The van der Waals surface area contributed by atoms with E-state index in [4.69, 9.17) is 0 Å². The first-order valence-corrected chi connectivity index (χ1v) is 10.4. The fourth-order valence-electron chi connectivity index (χ4n) is 2.98. The number of anilines is 2. The van der Waals surface area contributed by atoms with Crippen LogP contribution in [0.1, 0.15) is 21.5 Å². The first kappa shape index (κ1) is 20.6. The van der Waals surface area contributed by atoms with E-state index in [1.165, 1.54) is 30.3 Å². The van der Waals surface area contributed by atoms with Gasteiger partial charge in [0.25, 0.3) is 15.9 Å². The largest absolute Gasteiger partial charge is 0.416 e. The highest BCUT2D eigenvalue weighted by atomic mass is 32.2. The molecule has 6 nitrogen and oxygen atoms in total. The lowest BCUT2D eigenvalue weighted by atomic mass is 10.1. The molecule has 0 radical (unpaired) electrons. The summed E-state index contributed by atoms with van der Waals surface area (Å²) in [5.74, 6) is -0.324. The van der Waals surface area contributed by atoms with Gasteiger partial charge in [-0.2, -0.15) is 21.6 Å². The maximum Gasteiger partial charge on any atom is 0.416 e. The molecule has 10 heteroatoms. The molecule has 158 valence electrons. The zero-order chi connectivity index (χ0) is 22.2. The van der Waals surface area contributed by atoms with Gasteiger partial charge in [0, 0.05) is 22.5 Å². The Kier molecular flexibility index (Phi) is 5.02. The van der Waals surface area contributed by atoms with Crippen LogP contribution >= 0.6 is 0 Å². The molecule has 0 aromatic heterocycles. The molecule has 0 atom stereocenters. The van der Waals surface area contributed by atoms with Crippen LogP contribution in [0.15, 0.2) is 82.1 Å². The number of hydrogen-bond acceptors (Lipinski definition) is 4. The molecule has 3 aromatic rings. The number of amidine groups is 1. The van der Waals surface area contributed by atoms with Gasteiger partial charge in [0.1, 0.15) is 4.90 Å². The zero-order valence-corrected chi connectivity index (χ0v) is 16.5. The highest BCUT2D eigenvalue weighted by Crippen LogP contribution is 2.30. The molecule has 3 aromatic carbocycles. The molecule has 4 rings (SSSR count). The number of sulfonamides is 1. The van der Waals surface area contributed by atoms with E-state index in [1.54, 1.807) is 30.3 Å². The normalized spacial score (nSPS) is 14.5. The summed E-state index contributed by atoms with van der Waals surface area (Å²) in [6.07, 6.45) is -4.45. The summed E-state index contributed by atoms with van der Waals surface area (Å²) in [5.41, 5.74) is 0.650. The Morgan fingerprint density at radius 1 is 0.839 bits per heavy atom. The third kappa shape index (κ3) is 4.29. The van der Waals surface area contributed by atoms with Crippen LogP contribution in [0.2, 0.25) is 0 Å². The SMILES string of the molecule is O=C(Nc1ccc(C(F)(F)F)cc1)c1ccc(NC2=NS(=O)(=O)c3ccccc32)cc1. The minimum atomic E-state index is -4.45. The maximum absolute atomic E-state index is 12.6. The monoisotopic (exact) mass is 445 g/mol. The maximum atomic E-state index is 12.6. The molecular weight excluding hydrogens is 431 g/mol. The van der Waals surface area contributed by atoms with Crippen molar-refractivity contribution in [2.24, 2.45) is 4.40 Å². The zero-order valence-electron chi connectivity index (χ0n) is 15.6. The van der Waals surface area contributed by atoms with Crippen molar-refractivity contribution in [2.45, 2.75) is 11.1 Å². The quantitative estimate of drug-likeness (QED) is 0.621. The predicted octanol–water partition coefficient (Wildman–Crippen LogP) is 4.52. The number of fused-ring (bicyclic) bond motifs is 1. The summed E-state index contributed by atoms with van der Waals surface area (Å²) >= 11 is 0. The van der Waals surface area contributed by atoms with Gasteiger partial charge in [-0.3, -0.25) is 4.79 Å². The Morgan fingerprint density at radius 2 is 1.45 bits per heavy atom. The van der Waals surface area contributed by atoms with Gasteiger partial charge in [-0.25, -0.2) is 0 Å². The van der Waals surface area contributed by atoms with E-state index in [-0.39, 0.29) is 22.0 Å². The van der Waals surface area contributed by atoms with Gasteiger partial charge in [-0.05, 0) is 60.7 Å². The van der Waals surface area contributed by atoms with Crippen molar-refractivity contribution >= 4 is 33.1 Å². The molecule has 1 amide bonds. The van der Waals surface area contributed by atoms with Crippen molar-refractivity contribution in [3.8, 4) is 0 Å². The van der Waals surface area contributed by atoms with Gasteiger partial charge < -0.3 is 10.6 Å². The fraction of sp³-hybridized carbons (Fsp3) is 0.0476. The Hall–Kier alpha value is -3.66. The van der Waals surface area contributed by atoms with Crippen molar-refractivity contribution in [1.29, 1.82) is 0 Å². The van der Waals surface area contributed by atoms with Crippen LogP contribution in [0.25, 0.3) is 0 Å². The molecule has 0 saturated carbocycles. The lowest BCUT2D eigenvalue weighted by molar-refractivity contribution is -0.137. The number of nitrogens with one attached hydrogen (secondary N) is 2. The molecular formula is C21H14F3N3O3S. The fourth-order valence-corrected chi connectivity index (χ4v) is 4.16. The van der Waals surface area contributed by atoms with Gasteiger partial charge in [-0.15, -0.1) is 4.40 Å². The lowest BCUT2D eigenvalue weighted by Gasteiger charge is -2.10. The smallest absolute Gasteiger partial charge is 0.339 e. The van der Waals surface area contributed by atoms with Crippen molar-refractivity contribution in [2.75, 3.05) is 10.6 Å². The van der Waals surface area contributed by atoms with Crippen molar-refractivity contribution < 1.29 is 26.4 Å². The van der Waals surface area contributed by atoms with Crippen LogP contribution < -0.4 is 10.6 Å². The van der Waals surface area contributed by atoms with E-state index in [0.717, 1.165) is 12.1 Å². The number of rotatable bonds is 3. The number of hydrogen-bond donors (Lipinski definition) is 2. The van der Waals surface area contributed by atoms with Crippen molar-refractivity contribution in [1.82, 2.24) is 0 Å². The average molecular weight is 445 g/mol. The first-order valence-electron chi connectivity index (χ1n) is 8.93. The van der Waals surface area contributed by atoms with Crippen LogP contribution in [0.3, 0.4) is 0 Å². The van der Waals surface area contributed by atoms with Crippen LogP contribution in [0.5, 0.6) is 0 Å². The highest BCUT2D eigenvalue weighted by molar-refractivity contribution is 7.90. The topological polar surface area (TPSA) is 87.6 Å². The molecule has 1 heterocycles. The molecule has 0 unspecified atom stereocenters. The van der Waals surface area contributed by atoms with E-state index in [9.17, 15) is 26.4 Å². The predicted molar refractivity (Wildman–Crippen MR) is 110 cm³/mol. The second-order valence-electron chi connectivity index (χ2n) is 6.64. The highest BCUT2D eigenvalue weighted by Gasteiger charge is 2.30. The number of alkyl halides is 3. The standard InChI is InChI=1S/C21H14F3N3O3S/c22-21(23,24)14-7-11-16(12-8-14)26-20(28)13-5-9-15(10-6-13)25-19-17-3-1-2-4-18(17)31(29,30)27-19/h1-12H,(H,25,27)(H,26,28). The minimum Gasteiger partial charge on any atom is -0.339 e. The van der Waals surface area contributed by atoms with Gasteiger partial charge in [0.05, 0.1) is 5.56 Å². The summed E-state index contributed by atoms with van der Waals surface area (Å²) in [6, 6.07) is 16.7. The molecule has 0 bridgehead atoms. The van der Waals surface area contributed by atoms with Gasteiger partial charge >= 0.3 is 6.18 Å². The molecule has 0 aliphatic carbocycles. The Labute approximate surface area is 175 Å². The molecule has 0 fully saturated rings. The van der Waals surface area contributed by atoms with E-state index < -0.39 is 27.7 Å². The number of benzene rings is 3. The van der Waals surface area contributed by atoms with E-state index in [2.05, 4.69) is 15.0 Å². The first-order chi connectivity index (χ1) is 14.6. The molecule has 0 saturated heterocycles. The summed E-state index contributed by atoms with van der Waals surface area (Å²) in [5, 5.41) is 5.44. The second kappa shape index (κ2) is 7.55. The number of carbonyl (C=O) groups is 1. The van der Waals surface area contributed by atoms with Gasteiger partial charge in [0.2, 0.25) is 0 Å². The third-order valence-electron chi connectivity index (χ3n) is 4.51. The summed E-state index contributed by atoms with van der Waals surface area (Å²) in [6.45, 7) is 0. The Balaban J connectivity index is 1.46. The molecule has 1 aliphatic heterocycles. The molecule has 0 spiro atoms. The molecule has 2 N–H and O–H groups in total. The van der Waals surface area contributed by atoms with Gasteiger partial charge in [0.15, 0.2) is 5.84 Å². The Morgan fingerprint density at radius 3 is 2.10 bits per heavy atom. The number of amides is 1. The number of carbonyl (C=O) groups excluding carboxylic acids is 1. The summed E-state index contributed by atoms with van der Waals surface area (Å²) in [4.78, 5) is 12.5. The van der Waals surface area contributed by atoms with E-state index >= 15 is 0 Å². The lowest BCUT2D eigenvalue weighted by Crippen LogP contribution is -2.13. The van der Waals surface area contributed by atoms with E-state index in [0.29, 0.717) is 11.3 Å². The number of halogens is 3. The molecule has 1 aliphatic rings. The summed E-state index contributed by atoms with van der Waals surface area (Å²) < 4.78 is 65.8. The number of nitrogens with zero attached hydrogens (tertiary/aromatic N) is 1. The van der Waals surface area contributed by atoms with Crippen molar-refractivity contribution in [3.05, 3.63) is 89.5 Å². The van der Waals surface area contributed by atoms with Crippen LogP contribution in [0, 0.1) is 0 Å². The average Bonchev–Trinajstić information content (AvgIpc) is 2.98. The minimum absolute atomic E-state index is 0.116. The molecule has 31 heavy (non-hydrogen) atoms. The second-order valence-corrected chi connectivity index (χ2v) is 8.22. The van der Waals surface area contributed by atoms with Crippen LogP contribution in [-0.4, -0.2) is 20.2 Å². The van der Waals surface area contributed by atoms with Crippen LogP contribution in [-0.2, 0) is 16.2 Å². The van der Waals surface area contributed by atoms with Gasteiger partial charge in [-0.1, -0.05) is 12.1 Å². The Bertz CT molecular complexity index is 1280. The van der Waals surface area contributed by atoms with E-state index in [1.807, 2.05) is 0 Å². The third-order valence-corrected chi connectivity index (χ3v) is 5.85. The summed E-state index contributed by atoms with van der Waals surface area (Å²) in [7, 11) is -3.75. The van der Waals surface area contributed by atoms with Crippen LogP contribution in [0.4, 0.5) is 24.5 Å². The van der Waals surface area contributed by atoms with Crippen molar-refractivity contribution in [3.63, 3.8) is 0 Å².